The van der Waals surface area contributed by atoms with Gasteiger partial charge in [-0.1, -0.05) is 17.3 Å². The number of amides is 1. The summed E-state index contributed by atoms with van der Waals surface area (Å²) < 4.78 is 25.2. The van der Waals surface area contributed by atoms with Gasteiger partial charge in [-0.05, 0) is 44.2 Å². The number of likely N-dealkylation sites (N-methyl/N-ethyl adjacent to an activating group) is 1. The number of nitrogens with zero attached hydrogens (tertiary/aromatic N) is 4. The number of furan rings is 1. The molecule has 2 fully saturated rings. The lowest BCUT2D eigenvalue weighted by Gasteiger charge is -2.37. The zero-order valence-corrected chi connectivity index (χ0v) is 16.0. The van der Waals surface area contributed by atoms with Crippen LogP contribution in [0.25, 0.3) is 11.3 Å². The molecule has 3 aromatic rings. The molecule has 0 spiro atoms. The largest absolute Gasteiger partial charge is 0.451 e. The summed E-state index contributed by atoms with van der Waals surface area (Å²) in [6, 6.07) is 9.40. The van der Waals surface area contributed by atoms with Crippen LogP contribution in [-0.4, -0.2) is 52.5 Å². The summed E-state index contributed by atoms with van der Waals surface area (Å²) in [4.78, 5) is 21.4. The second-order valence-electron chi connectivity index (χ2n) is 7.66. The van der Waals surface area contributed by atoms with E-state index in [4.69, 9.17) is 8.94 Å². The number of aromatic nitrogens is 2. The van der Waals surface area contributed by atoms with E-state index in [9.17, 15) is 9.18 Å². The van der Waals surface area contributed by atoms with Crippen molar-refractivity contribution >= 4 is 5.91 Å². The van der Waals surface area contributed by atoms with Crippen molar-refractivity contribution in [2.24, 2.45) is 0 Å². The van der Waals surface area contributed by atoms with E-state index in [2.05, 4.69) is 15.0 Å². The van der Waals surface area contributed by atoms with Gasteiger partial charge in [0.15, 0.2) is 11.6 Å². The van der Waals surface area contributed by atoms with E-state index in [1.807, 2.05) is 7.05 Å². The van der Waals surface area contributed by atoms with Crippen molar-refractivity contribution in [2.45, 2.75) is 24.8 Å². The van der Waals surface area contributed by atoms with Crippen LogP contribution >= 0.6 is 0 Å². The Morgan fingerprint density at radius 2 is 2.00 bits per heavy atom. The molecular weight excluding hydrogens is 375 g/mol. The predicted molar refractivity (Wildman–Crippen MR) is 102 cm³/mol. The second kappa shape index (κ2) is 7.11. The van der Waals surface area contributed by atoms with Gasteiger partial charge in [-0.25, -0.2) is 4.39 Å². The van der Waals surface area contributed by atoms with Crippen molar-refractivity contribution in [3.05, 3.63) is 59.7 Å². The first-order valence-corrected chi connectivity index (χ1v) is 9.78. The van der Waals surface area contributed by atoms with E-state index in [-0.39, 0.29) is 23.5 Å². The second-order valence-corrected chi connectivity index (χ2v) is 7.66. The minimum absolute atomic E-state index is 0.159. The molecule has 7 nitrogen and oxygen atoms in total. The molecule has 1 aromatic carbocycles. The Hall–Kier alpha value is -3.00. The van der Waals surface area contributed by atoms with Crippen LogP contribution in [0, 0.1) is 5.82 Å². The molecule has 5 rings (SSSR count). The summed E-state index contributed by atoms with van der Waals surface area (Å²) >= 11 is 0. The summed E-state index contributed by atoms with van der Waals surface area (Å²) in [5.41, 5.74) is 0.335. The highest BCUT2D eigenvalue weighted by Gasteiger charge is 2.35. The van der Waals surface area contributed by atoms with E-state index >= 15 is 0 Å². The Bertz CT molecular complexity index is 1040. The van der Waals surface area contributed by atoms with Gasteiger partial charge in [0.2, 0.25) is 5.89 Å². The molecule has 1 unspecified atom stereocenters. The molecule has 0 bridgehead atoms. The first kappa shape index (κ1) is 18.1. The van der Waals surface area contributed by atoms with Crippen LogP contribution in [0.2, 0.25) is 0 Å². The molecule has 2 aliphatic rings. The Labute approximate surface area is 167 Å². The van der Waals surface area contributed by atoms with Crippen LogP contribution in [0.3, 0.4) is 0 Å². The minimum atomic E-state index is -0.386. The summed E-state index contributed by atoms with van der Waals surface area (Å²) in [6.07, 6.45) is 2.21. The fourth-order valence-electron chi connectivity index (χ4n) is 3.63. The minimum Gasteiger partial charge on any atom is -0.451 e. The maximum Gasteiger partial charge on any atom is 0.289 e. The van der Waals surface area contributed by atoms with E-state index in [0.29, 0.717) is 42.8 Å². The van der Waals surface area contributed by atoms with Crippen molar-refractivity contribution in [1.29, 1.82) is 0 Å². The van der Waals surface area contributed by atoms with E-state index in [1.165, 1.54) is 6.07 Å². The van der Waals surface area contributed by atoms with Crippen molar-refractivity contribution in [3.8, 4) is 11.3 Å². The first-order valence-electron chi connectivity index (χ1n) is 9.78. The van der Waals surface area contributed by atoms with Crippen molar-refractivity contribution < 1.29 is 18.1 Å². The molecule has 150 valence electrons. The SMILES string of the molecule is CN1CCN(C(=O)c2ccc(-c3ccccc3F)o2)CC1c1nc(C2CC2)no1. The number of benzene rings is 1. The van der Waals surface area contributed by atoms with Crippen molar-refractivity contribution in [1.82, 2.24) is 19.9 Å². The van der Waals surface area contributed by atoms with E-state index < -0.39 is 0 Å². The van der Waals surface area contributed by atoms with Gasteiger partial charge >= 0.3 is 0 Å². The van der Waals surface area contributed by atoms with Gasteiger partial charge < -0.3 is 13.8 Å². The van der Waals surface area contributed by atoms with Crippen LogP contribution in [-0.2, 0) is 0 Å². The zero-order valence-electron chi connectivity index (χ0n) is 16.0. The molecule has 3 heterocycles. The standard InChI is InChI=1S/C21H21FN4O3/c1-25-10-11-26(12-16(25)20-23-19(24-29-20)13-6-7-13)21(27)18-9-8-17(28-18)14-4-2-3-5-15(14)22/h2-5,8-9,13,16H,6-7,10-12H2,1H3. The number of carbonyl (C=O) groups excluding carboxylic acids is 1. The van der Waals surface area contributed by atoms with Gasteiger partial charge in [0, 0.05) is 25.6 Å². The number of hydrogen-bond acceptors (Lipinski definition) is 6. The van der Waals surface area contributed by atoms with Crippen LogP contribution in [0.1, 0.15) is 47.1 Å². The quantitative estimate of drug-likeness (QED) is 0.672. The monoisotopic (exact) mass is 396 g/mol. The fourth-order valence-corrected chi connectivity index (χ4v) is 3.63. The van der Waals surface area contributed by atoms with Crippen LogP contribution in [0.4, 0.5) is 4.39 Å². The number of halogens is 1. The van der Waals surface area contributed by atoms with Gasteiger partial charge in [0.25, 0.3) is 5.91 Å². The summed E-state index contributed by atoms with van der Waals surface area (Å²) in [6.45, 7) is 1.67. The average Bonchev–Trinajstić information content (AvgIpc) is 3.26. The molecule has 29 heavy (non-hydrogen) atoms. The first-order chi connectivity index (χ1) is 14.1. The topological polar surface area (TPSA) is 75.6 Å². The summed E-state index contributed by atoms with van der Waals surface area (Å²) in [7, 11) is 1.98. The van der Waals surface area contributed by atoms with Crippen molar-refractivity contribution in [2.75, 3.05) is 26.7 Å². The normalized spacial score (nSPS) is 20.2. The van der Waals surface area contributed by atoms with Gasteiger partial charge in [-0.2, -0.15) is 4.98 Å². The maximum atomic E-state index is 14.0. The molecule has 8 heteroatoms. The molecular formula is C21H21FN4O3. The molecule has 0 radical (unpaired) electrons. The highest BCUT2D eigenvalue weighted by atomic mass is 19.1. The number of piperazine rings is 1. The Morgan fingerprint density at radius 1 is 1.17 bits per heavy atom. The lowest BCUT2D eigenvalue weighted by molar-refractivity contribution is 0.0462. The molecule has 1 aliphatic carbocycles. The molecule has 1 aliphatic heterocycles. The third-order valence-electron chi connectivity index (χ3n) is 5.58. The molecule has 0 N–H and O–H groups in total. The van der Waals surface area contributed by atoms with Gasteiger partial charge in [-0.3, -0.25) is 9.69 Å². The molecule has 1 amide bonds. The molecule has 1 saturated carbocycles. The zero-order chi connectivity index (χ0) is 20.0. The van der Waals surface area contributed by atoms with Crippen LogP contribution in [0.15, 0.2) is 45.3 Å². The van der Waals surface area contributed by atoms with Gasteiger partial charge in [0.1, 0.15) is 17.6 Å². The predicted octanol–water partition coefficient (Wildman–Crippen LogP) is 3.48. The third-order valence-corrected chi connectivity index (χ3v) is 5.58. The summed E-state index contributed by atoms with van der Waals surface area (Å²) in [5.74, 6) is 1.63. The molecule has 1 atom stereocenters. The number of carbonyl (C=O) groups is 1. The number of rotatable bonds is 4. The van der Waals surface area contributed by atoms with E-state index in [1.54, 1.807) is 35.2 Å². The van der Waals surface area contributed by atoms with Gasteiger partial charge in [-0.15, -0.1) is 0 Å². The average molecular weight is 396 g/mol. The van der Waals surface area contributed by atoms with Crippen molar-refractivity contribution in [3.63, 3.8) is 0 Å². The Morgan fingerprint density at radius 3 is 2.79 bits per heavy atom. The Kier molecular flexibility index (Phi) is 4.43. The Balaban J connectivity index is 1.34. The number of hydrogen-bond donors (Lipinski definition) is 0. The lowest BCUT2D eigenvalue weighted by atomic mass is 10.1. The maximum absolute atomic E-state index is 14.0. The highest BCUT2D eigenvalue weighted by Crippen LogP contribution is 2.39. The lowest BCUT2D eigenvalue weighted by Crippen LogP contribution is -2.49. The molecule has 1 saturated heterocycles. The molecule has 2 aromatic heterocycles. The van der Waals surface area contributed by atoms with Gasteiger partial charge in [0.05, 0.1) is 5.56 Å². The smallest absolute Gasteiger partial charge is 0.289 e. The van der Waals surface area contributed by atoms with E-state index in [0.717, 1.165) is 18.7 Å². The fraction of sp³-hybridized carbons (Fsp3) is 0.381. The van der Waals surface area contributed by atoms with Crippen LogP contribution in [0.5, 0.6) is 0 Å². The van der Waals surface area contributed by atoms with Crippen LogP contribution < -0.4 is 0 Å². The summed E-state index contributed by atoms with van der Waals surface area (Å²) in [5, 5.41) is 4.09. The third kappa shape index (κ3) is 3.44. The highest BCUT2D eigenvalue weighted by molar-refractivity contribution is 5.92.